The number of hydrogen-bond donors (Lipinski definition) is 1. The molecule has 0 fully saturated rings. The van der Waals surface area contributed by atoms with Crippen LogP contribution in [0.5, 0.6) is 0 Å². The molecule has 30 heavy (non-hydrogen) atoms. The number of hydrogen-bond acceptors (Lipinski definition) is 7. The Kier molecular flexibility index (Phi) is 5.39. The first-order valence-corrected chi connectivity index (χ1v) is 10.0. The van der Waals surface area contributed by atoms with E-state index in [1.807, 2.05) is 16.9 Å². The zero-order valence-electron chi connectivity index (χ0n) is 17.2. The van der Waals surface area contributed by atoms with Gasteiger partial charge in [0.1, 0.15) is 11.8 Å². The third-order valence-corrected chi connectivity index (χ3v) is 4.64. The van der Waals surface area contributed by atoms with E-state index in [1.165, 1.54) is 6.20 Å². The van der Waals surface area contributed by atoms with Crippen LogP contribution in [-0.4, -0.2) is 40.8 Å². The molecular formula is C21H23N9. The molecule has 0 saturated heterocycles. The third-order valence-electron chi connectivity index (χ3n) is 4.64. The maximum atomic E-state index is 9.08. The second-order valence-corrected chi connectivity index (χ2v) is 7.41. The molecule has 0 spiro atoms. The molecule has 9 heteroatoms. The topological polar surface area (TPSA) is 110 Å². The van der Waals surface area contributed by atoms with E-state index in [0.29, 0.717) is 17.0 Å². The van der Waals surface area contributed by atoms with Crippen LogP contribution in [0.3, 0.4) is 0 Å². The summed E-state index contributed by atoms with van der Waals surface area (Å²) >= 11 is 0. The molecule has 4 heterocycles. The number of rotatable bonds is 7. The van der Waals surface area contributed by atoms with Crippen LogP contribution in [0.1, 0.15) is 39.2 Å². The Morgan fingerprint density at radius 2 is 2.03 bits per heavy atom. The lowest BCUT2D eigenvalue weighted by Gasteiger charge is -2.14. The lowest BCUT2D eigenvalue weighted by atomic mass is 10.1. The number of pyridine rings is 2. The Labute approximate surface area is 174 Å². The molecule has 0 unspecified atom stereocenters. The molecule has 0 aliphatic rings. The molecule has 4 aromatic rings. The zero-order valence-corrected chi connectivity index (χ0v) is 17.2. The highest BCUT2D eigenvalue weighted by Gasteiger charge is 2.15. The number of unbranched alkanes of at least 4 members (excludes halogenated alkanes) is 1. The lowest BCUT2D eigenvalue weighted by Crippen LogP contribution is -2.12. The average molecular weight is 401 g/mol. The van der Waals surface area contributed by atoms with Crippen molar-refractivity contribution in [3.63, 3.8) is 0 Å². The van der Waals surface area contributed by atoms with Crippen molar-refractivity contribution in [1.82, 2.24) is 34.7 Å². The number of nitrogens with one attached hydrogen (secondary N) is 1. The van der Waals surface area contributed by atoms with Crippen molar-refractivity contribution in [2.75, 3.05) is 5.32 Å². The van der Waals surface area contributed by atoms with Crippen molar-refractivity contribution < 1.29 is 0 Å². The number of anilines is 1. The van der Waals surface area contributed by atoms with Gasteiger partial charge in [0.2, 0.25) is 0 Å². The van der Waals surface area contributed by atoms with Gasteiger partial charge >= 0.3 is 0 Å². The van der Waals surface area contributed by atoms with Crippen LogP contribution < -0.4 is 5.32 Å². The molecular weight excluding hydrogens is 378 g/mol. The summed E-state index contributed by atoms with van der Waals surface area (Å²) in [5.74, 6) is 0.632. The molecule has 0 aliphatic heterocycles. The molecule has 0 amide bonds. The second kappa shape index (κ2) is 8.29. The van der Waals surface area contributed by atoms with Crippen LogP contribution in [0.15, 0.2) is 36.9 Å². The second-order valence-electron chi connectivity index (χ2n) is 7.41. The van der Waals surface area contributed by atoms with E-state index in [1.54, 1.807) is 23.1 Å². The van der Waals surface area contributed by atoms with Crippen molar-refractivity contribution in [2.45, 2.75) is 46.2 Å². The van der Waals surface area contributed by atoms with Crippen LogP contribution in [-0.2, 0) is 6.54 Å². The van der Waals surface area contributed by atoms with Crippen LogP contribution in [0, 0.1) is 11.3 Å². The van der Waals surface area contributed by atoms with Gasteiger partial charge in [0.05, 0.1) is 18.0 Å². The Bertz CT molecular complexity index is 1210. The summed E-state index contributed by atoms with van der Waals surface area (Å²) in [7, 11) is 0. The fraction of sp³-hybridized carbons (Fsp3) is 0.333. The minimum Gasteiger partial charge on any atom is -0.382 e. The van der Waals surface area contributed by atoms with Crippen LogP contribution in [0.4, 0.5) is 5.69 Å². The highest BCUT2D eigenvalue weighted by molar-refractivity contribution is 5.79. The number of nitriles is 1. The molecule has 0 aromatic carbocycles. The van der Waals surface area contributed by atoms with Crippen LogP contribution >= 0.6 is 0 Å². The predicted octanol–water partition coefficient (Wildman–Crippen LogP) is 3.57. The monoisotopic (exact) mass is 401 g/mol. The molecule has 0 aliphatic carbocycles. The first kappa shape index (κ1) is 19.5. The molecule has 1 N–H and O–H groups in total. The van der Waals surface area contributed by atoms with Gasteiger partial charge in [0, 0.05) is 47.7 Å². The van der Waals surface area contributed by atoms with E-state index in [2.05, 4.69) is 57.5 Å². The Hall–Kier alpha value is -3.80. The summed E-state index contributed by atoms with van der Waals surface area (Å²) in [6.45, 7) is 7.16. The minimum absolute atomic E-state index is 0.222. The van der Waals surface area contributed by atoms with Gasteiger partial charge < -0.3 is 5.32 Å². The normalized spacial score (nSPS) is 11.2. The number of nitrogens with zero attached hydrogens (tertiary/aromatic N) is 8. The minimum atomic E-state index is 0.222. The summed E-state index contributed by atoms with van der Waals surface area (Å²) in [6.07, 6.45) is 9.12. The Morgan fingerprint density at radius 3 is 2.80 bits per heavy atom. The summed E-state index contributed by atoms with van der Waals surface area (Å²) in [4.78, 5) is 8.99. The van der Waals surface area contributed by atoms with E-state index >= 15 is 0 Å². The van der Waals surface area contributed by atoms with Gasteiger partial charge in [-0.15, -0.1) is 5.10 Å². The van der Waals surface area contributed by atoms with Crippen molar-refractivity contribution in [1.29, 1.82) is 5.26 Å². The lowest BCUT2D eigenvalue weighted by molar-refractivity contribution is 0.553. The molecule has 0 atom stereocenters. The van der Waals surface area contributed by atoms with Gasteiger partial charge in [-0.25, -0.2) is 9.97 Å². The summed E-state index contributed by atoms with van der Waals surface area (Å²) < 4.78 is 3.54. The number of fused-ring (bicyclic) bond motifs is 1. The largest absolute Gasteiger partial charge is 0.382 e. The molecule has 9 nitrogen and oxygen atoms in total. The molecule has 0 radical (unpaired) electrons. The van der Waals surface area contributed by atoms with Crippen molar-refractivity contribution in [3.05, 3.63) is 42.5 Å². The van der Waals surface area contributed by atoms with Gasteiger partial charge in [0.25, 0.3) is 0 Å². The van der Waals surface area contributed by atoms with Gasteiger partial charge in [0.15, 0.2) is 11.5 Å². The standard InChI is InChI=1S/C21H23N9/c1-4-5-6-29-13-19(27-28-29)17-12-23-20(8-18(17)26-14(2)3)30-21-16(11-25-30)7-15(9-22)10-24-21/h7-8,10-14H,4-6H2,1-3H3,(H,23,26). The predicted molar refractivity (Wildman–Crippen MR) is 114 cm³/mol. The van der Waals surface area contributed by atoms with Crippen LogP contribution in [0.25, 0.3) is 28.1 Å². The molecule has 0 saturated carbocycles. The van der Waals surface area contributed by atoms with Crippen LogP contribution in [0.2, 0.25) is 0 Å². The third kappa shape index (κ3) is 3.85. The van der Waals surface area contributed by atoms with Crippen molar-refractivity contribution in [2.24, 2.45) is 0 Å². The smallest absolute Gasteiger partial charge is 0.164 e. The first-order valence-electron chi connectivity index (χ1n) is 10.0. The van der Waals surface area contributed by atoms with E-state index in [9.17, 15) is 0 Å². The van der Waals surface area contributed by atoms with Gasteiger partial charge in [-0.1, -0.05) is 18.6 Å². The fourth-order valence-corrected chi connectivity index (χ4v) is 3.20. The molecule has 4 rings (SSSR count). The highest BCUT2D eigenvalue weighted by Crippen LogP contribution is 2.28. The van der Waals surface area contributed by atoms with Gasteiger partial charge in [-0.2, -0.15) is 15.0 Å². The SMILES string of the molecule is CCCCn1cc(-c2cnc(-n3ncc4cc(C#N)cnc43)cc2NC(C)C)nn1. The highest BCUT2D eigenvalue weighted by atomic mass is 15.4. The van der Waals surface area contributed by atoms with Gasteiger partial charge in [-0.3, -0.25) is 4.68 Å². The first-order chi connectivity index (χ1) is 14.6. The summed E-state index contributed by atoms with van der Waals surface area (Å²) in [5.41, 5.74) is 3.70. The van der Waals surface area contributed by atoms with Crippen molar-refractivity contribution >= 4 is 16.7 Å². The van der Waals surface area contributed by atoms with E-state index < -0.39 is 0 Å². The van der Waals surface area contributed by atoms with Crippen molar-refractivity contribution in [3.8, 4) is 23.1 Å². The van der Waals surface area contributed by atoms with E-state index in [-0.39, 0.29) is 6.04 Å². The Balaban J connectivity index is 1.75. The zero-order chi connectivity index (χ0) is 21.1. The summed E-state index contributed by atoms with van der Waals surface area (Å²) in [5, 5.41) is 26.3. The fourth-order valence-electron chi connectivity index (χ4n) is 3.20. The quantitative estimate of drug-likeness (QED) is 0.504. The van der Waals surface area contributed by atoms with E-state index in [4.69, 9.17) is 5.26 Å². The maximum Gasteiger partial charge on any atom is 0.164 e. The van der Waals surface area contributed by atoms with Gasteiger partial charge in [-0.05, 0) is 26.3 Å². The molecule has 0 bridgehead atoms. The maximum absolute atomic E-state index is 9.08. The summed E-state index contributed by atoms with van der Waals surface area (Å²) in [6, 6.07) is 6.02. The number of aryl methyl sites for hydroxylation is 1. The number of aromatic nitrogens is 7. The average Bonchev–Trinajstić information content (AvgIpc) is 3.38. The Morgan fingerprint density at radius 1 is 1.17 bits per heavy atom. The molecule has 4 aromatic heterocycles. The molecule has 152 valence electrons. The van der Waals surface area contributed by atoms with E-state index in [0.717, 1.165) is 41.7 Å².